The number of hydrogen-bond acceptors (Lipinski definition) is 3. The van der Waals surface area contributed by atoms with Gasteiger partial charge in [-0.1, -0.05) is 12.8 Å². The van der Waals surface area contributed by atoms with Gasteiger partial charge in [-0.25, -0.2) is 4.98 Å². The molecule has 1 fully saturated rings. The van der Waals surface area contributed by atoms with E-state index in [0.29, 0.717) is 11.9 Å². The average Bonchev–Trinajstić information content (AvgIpc) is 3.02. The molecule has 16 heavy (non-hydrogen) atoms. The molecule has 1 N–H and O–H groups in total. The quantitative estimate of drug-likeness (QED) is 0.828. The van der Waals surface area contributed by atoms with Gasteiger partial charge in [-0.2, -0.15) is 0 Å². The van der Waals surface area contributed by atoms with Crippen molar-refractivity contribution in [2.24, 2.45) is 5.92 Å². The van der Waals surface area contributed by atoms with Gasteiger partial charge in [0.25, 0.3) is 0 Å². The number of anilines is 1. The molecule has 1 aromatic rings. The third kappa shape index (κ3) is 2.87. The number of aromatic nitrogens is 1. The van der Waals surface area contributed by atoms with Crippen LogP contribution in [0.15, 0.2) is 12.3 Å². The predicted octanol–water partition coefficient (Wildman–Crippen LogP) is 3.00. The van der Waals surface area contributed by atoms with Crippen molar-refractivity contribution in [3.05, 3.63) is 17.8 Å². The van der Waals surface area contributed by atoms with Crippen molar-refractivity contribution in [2.75, 3.05) is 12.4 Å². The first-order chi connectivity index (χ1) is 7.69. The van der Waals surface area contributed by atoms with Crippen LogP contribution in [0.5, 0.6) is 5.88 Å². The third-order valence-electron chi connectivity index (χ3n) is 2.97. The molecule has 0 spiro atoms. The van der Waals surface area contributed by atoms with E-state index in [0.717, 1.165) is 17.2 Å². The molecule has 1 aromatic heterocycles. The van der Waals surface area contributed by atoms with Crippen LogP contribution in [-0.2, 0) is 0 Å². The first-order valence-corrected chi connectivity index (χ1v) is 5.96. The zero-order valence-electron chi connectivity index (χ0n) is 10.3. The third-order valence-corrected chi connectivity index (χ3v) is 2.97. The number of hydrogen-bond donors (Lipinski definition) is 1. The number of methoxy groups -OCH3 is 1. The Morgan fingerprint density at radius 2 is 2.31 bits per heavy atom. The van der Waals surface area contributed by atoms with Gasteiger partial charge >= 0.3 is 0 Å². The van der Waals surface area contributed by atoms with Gasteiger partial charge in [0.15, 0.2) is 0 Å². The summed E-state index contributed by atoms with van der Waals surface area (Å²) >= 11 is 0. The highest BCUT2D eigenvalue weighted by atomic mass is 16.5. The highest BCUT2D eigenvalue weighted by Gasteiger charge is 2.23. The maximum atomic E-state index is 5.25. The molecule has 1 atom stereocenters. The van der Waals surface area contributed by atoms with Gasteiger partial charge < -0.3 is 10.1 Å². The van der Waals surface area contributed by atoms with Gasteiger partial charge in [0.05, 0.1) is 12.8 Å². The number of aryl methyl sites for hydroxylation is 1. The summed E-state index contributed by atoms with van der Waals surface area (Å²) in [5.74, 6) is 1.62. The van der Waals surface area contributed by atoms with Crippen LogP contribution in [0.2, 0.25) is 0 Å². The molecule has 1 saturated carbocycles. The summed E-state index contributed by atoms with van der Waals surface area (Å²) in [4.78, 5) is 4.26. The second-order valence-electron chi connectivity index (χ2n) is 4.79. The minimum absolute atomic E-state index is 0.491. The van der Waals surface area contributed by atoms with Gasteiger partial charge in [0.2, 0.25) is 5.88 Å². The molecule has 1 aliphatic rings. The first kappa shape index (κ1) is 11.2. The molecule has 0 saturated heterocycles. The van der Waals surface area contributed by atoms with Crippen LogP contribution in [-0.4, -0.2) is 18.1 Å². The highest BCUT2D eigenvalue weighted by Crippen LogP contribution is 2.34. The van der Waals surface area contributed by atoms with Crippen LogP contribution < -0.4 is 10.1 Å². The van der Waals surface area contributed by atoms with E-state index in [9.17, 15) is 0 Å². The standard InChI is InChI=1S/C13H20N2O/c1-9-6-12(13(16-3)14-8-9)15-10(2)7-11-4-5-11/h6,8,10-11,15H,4-5,7H2,1-3H3. The molecule has 1 unspecified atom stereocenters. The summed E-state index contributed by atoms with van der Waals surface area (Å²) in [6.45, 7) is 4.27. The summed E-state index contributed by atoms with van der Waals surface area (Å²) in [5.41, 5.74) is 2.16. The number of pyridine rings is 1. The summed E-state index contributed by atoms with van der Waals surface area (Å²) in [6, 6.07) is 2.58. The van der Waals surface area contributed by atoms with Gasteiger partial charge in [-0.05, 0) is 37.8 Å². The fourth-order valence-electron chi connectivity index (χ4n) is 2.00. The Morgan fingerprint density at radius 3 is 2.94 bits per heavy atom. The lowest BCUT2D eigenvalue weighted by molar-refractivity contribution is 0.399. The molecule has 0 bridgehead atoms. The molecule has 1 heterocycles. The lowest BCUT2D eigenvalue weighted by atomic mass is 10.1. The van der Waals surface area contributed by atoms with Crippen LogP contribution in [0.4, 0.5) is 5.69 Å². The van der Waals surface area contributed by atoms with Crippen LogP contribution in [0.1, 0.15) is 31.7 Å². The van der Waals surface area contributed by atoms with Crippen LogP contribution in [0.3, 0.4) is 0 Å². The van der Waals surface area contributed by atoms with E-state index in [2.05, 4.69) is 23.3 Å². The fourth-order valence-corrected chi connectivity index (χ4v) is 2.00. The molecule has 3 nitrogen and oxygen atoms in total. The van der Waals surface area contributed by atoms with E-state index < -0.39 is 0 Å². The van der Waals surface area contributed by atoms with E-state index in [4.69, 9.17) is 4.74 Å². The number of nitrogens with one attached hydrogen (secondary N) is 1. The number of rotatable bonds is 5. The maximum Gasteiger partial charge on any atom is 0.237 e. The number of ether oxygens (including phenoxy) is 1. The van der Waals surface area contributed by atoms with E-state index in [1.165, 1.54) is 19.3 Å². The second kappa shape index (κ2) is 4.73. The van der Waals surface area contributed by atoms with Crippen molar-refractivity contribution in [3.63, 3.8) is 0 Å². The van der Waals surface area contributed by atoms with E-state index in [-0.39, 0.29) is 0 Å². The Kier molecular flexibility index (Phi) is 3.32. The SMILES string of the molecule is COc1ncc(C)cc1NC(C)CC1CC1. The summed E-state index contributed by atoms with van der Waals surface area (Å²) in [5, 5.41) is 3.49. The smallest absolute Gasteiger partial charge is 0.237 e. The van der Waals surface area contributed by atoms with Crippen LogP contribution in [0, 0.1) is 12.8 Å². The van der Waals surface area contributed by atoms with Gasteiger partial charge in [-0.15, -0.1) is 0 Å². The average molecular weight is 220 g/mol. The topological polar surface area (TPSA) is 34.1 Å². The van der Waals surface area contributed by atoms with Crippen LogP contribution >= 0.6 is 0 Å². The van der Waals surface area contributed by atoms with Gasteiger partial charge in [0, 0.05) is 12.2 Å². The lowest BCUT2D eigenvalue weighted by Crippen LogP contribution is -2.16. The molecule has 0 amide bonds. The monoisotopic (exact) mass is 220 g/mol. The van der Waals surface area contributed by atoms with Crippen LogP contribution in [0.25, 0.3) is 0 Å². The van der Waals surface area contributed by atoms with Crippen molar-refractivity contribution < 1.29 is 4.74 Å². The van der Waals surface area contributed by atoms with E-state index in [1.807, 2.05) is 13.1 Å². The van der Waals surface area contributed by atoms with Gasteiger partial charge in [-0.3, -0.25) is 0 Å². The molecule has 3 heteroatoms. The molecule has 0 aliphatic heterocycles. The normalized spacial score (nSPS) is 16.9. The second-order valence-corrected chi connectivity index (χ2v) is 4.79. The molecule has 0 aromatic carbocycles. The van der Waals surface area contributed by atoms with E-state index >= 15 is 0 Å². The van der Waals surface area contributed by atoms with Crippen molar-refractivity contribution in [2.45, 2.75) is 39.2 Å². The molecular weight excluding hydrogens is 200 g/mol. The van der Waals surface area contributed by atoms with Crippen molar-refractivity contribution in [3.8, 4) is 5.88 Å². The Labute approximate surface area is 97.2 Å². The van der Waals surface area contributed by atoms with Crippen molar-refractivity contribution >= 4 is 5.69 Å². The highest BCUT2D eigenvalue weighted by molar-refractivity contribution is 5.54. The minimum Gasteiger partial charge on any atom is -0.480 e. The Morgan fingerprint density at radius 1 is 1.56 bits per heavy atom. The predicted molar refractivity (Wildman–Crippen MR) is 66.0 cm³/mol. The molecule has 0 radical (unpaired) electrons. The van der Waals surface area contributed by atoms with Gasteiger partial charge in [0.1, 0.15) is 0 Å². The largest absolute Gasteiger partial charge is 0.480 e. The van der Waals surface area contributed by atoms with Crippen molar-refractivity contribution in [1.82, 2.24) is 4.98 Å². The summed E-state index contributed by atoms with van der Waals surface area (Å²) in [7, 11) is 1.66. The molecular formula is C13H20N2O. The maximum absolute atomic E-state index is 5.25. The Balaban J connectivity index is 2.02. The number of nitrogens with zero attached hydrogens (tertiary/aromatic N) is 1. The fraction of sp³-hybridized carbons (Fsp3) is 0.615. The molecule has 2 rings (SSSR count). The van der Waals surface area contributed by atoms with E-state index in [1.54, 1.807) is 7.11 Å². The Hall–Kier alpha value is -1.25. The first-order valence-electron chi connectivity index (χ1n) is 5.96. The lowest BCUT2D eigenvalue weighted by Gasteiger charge is -2.17. The molecule has 88 valence electrons. The summed E-state index contributed by atoms with van der Waals surface area (Å²) < 4.78 is 5.25. The summed E-state index contributed by atoms with van der Waals surface area (Å²) in [6.07, 6.45) is 5.87. The zero-order valence-corrected chi connectivity index (χ0v) is 10.3. The molecule has 1 aliphatic carbocycles. The van der Waals surface area contributed by atoms with Crippen molar-refractivity contribution in [1.29, 1.82) is 0 Å². The Bertz CT molecular complexity index is 361. The minimum atomic E-state index is 0.491. The zero-order chi connectivity index (χ0) is 11.5.